The van der Waals surface area contributed by atoms with Gasteiger partial charge in [-0.25, -0.2) is 0 Å². The van der Waals surface area contributed by atoms with E-state index in [1.807, 2.05) is 0 Å². The number of piperidine rings is 1. The summed E-state index contributed by atoms with van der Waals surface area (Å²) in [5, 5.41) is 0. The van der Waals surface area contributed by atoms with Gasteiger partial charge in [-0.15, -0.1) is 0 Å². The lowest BCUT2D eigenvalue weighted by molar-refractivity contribution is 0.173. The zero-order chi connectivity index (χ0) is 11.6. The Bertz CT molecular complexity index is 156. The number of unbranched alkanes of at least 4 members (excludes halogenated alkanes) is 6. The van der Waals surface area contributed by atoms with Crippen LogP contribution in [0, 0.1) is 0 Å². The summed E-state index contributed by atoms with van der Waals surface area (Å²) >= 11 is 0. The molecule has 1 fully saturated rings. The first kappa shape index (κ1) is 14.0. The Hall–Kier alpha value is -0.0400. The molecule has 1 aliphatic rings. The maximum Gasteiger partial charge on any atom is 0.00922 e. The highest BCUT2D eigenvalue weighted by Crippen LogP contribution is 2.20. The third-order valence-electron chi connectivity index (χ3n) is 4.06. The van der Waals surface area contributed by atoms with Crippen LogP contribution in [0.4, 0.5) is 0 Å². The topological polar surface area (TPSA) is 3.24 Å². The van der Waals surface area contributed by atoms with Crippen molar-refractivity contribution in [3.05, 3.63) is 0 Å². The van der Waals surface area contributed by atoms with Gasteiger partial charge in [0.1, 0.15) is 0 Å². The van der Waals surface area contributed by atoms with Gasteiger partial charge >= 0.3 is 0 Å². The number of nitrogens with zero attached hydrogens (tertiary/aromatic N) is 1. The van der Waals surface area contributed by atoms with E-state index in [-0.39, 0.29) is 0 Å². The fourth-order valence-electron chi connectivity index (χ4n) is 2.85. The molecule has 1 nitrogen and oxygen atoms in total. The number of hydrogen-bond acceptors (Lipinski definition) is 1. The van der Waals surface area contributed by atoms with Crippen molar-refractivity contribution < 1.29 is 0 Å². The minimum atomic E-state index is 0.907. The van der Waals surface area contributed by atoms with Gasteiger partial charge in [0.15, 0.2) is 0 Å². The average Bonchev–Trinajstić information content (AvgIpc) is 2.30. The predicted octanol–water partition coefficient (Wildman–Crippen LogP) is 4.61. The van der Waals surface area contributed by atoms with Gasteiger partial charge in [-0.3, -0.25) is 0 Å². The Morgan fingerprint density at radius 3 is 2.31 bits per heavy atom. The van der Waals surface area contributed by atoms with Crippen LogP contribution in [0.25, 0.3) is 0 Å². The molecule has 0 aromatic rings. The van der Waals surface area contributed by atoms with Crippen LogP contribution >= 0.6 is 0 Å². The van der Waals surface area contributed by atoms with Crippen LogP contribution < -0.4 is 0 Å². The fourth-order valence-corrected chi connectivity index (χ4v) is 2.85. The van der Waals surface area contributed by atoms with Crippen molar-refractivity contribution >= 4 is 0 Å². The van der Waals surface area contributed by atoms with Gasteiger partial charge < -0.3 is 4.90 Å². The Kier molecular flexibility index (Phi) is 7.92. The van der Waals surface area contributed by atoms with E-state index in [1.54, 1.807) is 0 Å². The molecule has 0 amide bonds. The fraction of sp³-hybridized carbons (Fsp3) is 1.00. The quantitative estimate of drug-likeness (QED) is 0.545. The first-order chi connectivity index (χ1) is 7.84. The van der Waals surface area contributed by atoms with Gasteiger partial charge in [-0.05, 0) is 32.9 Å². The molecule has 0 N–H and O–H groups in total. The van der Waals surface area contributed by atoms with Crippen molar-refractivity contribution in [3.8, 4) is 0 Å². The SMILES string of the molecule is CCCCCCCCCC1CCCCN1C. The van der Waals surface area contributed by atoms with Gasteiger partial charge in [-0.2, -0.15) is 0 Å². The molecule has 16 heavy (non-hydrogen) atoms. The zero-order valence-corrected chi connectivity index (χ0v) is 11.5. The molecule has 96 valence electrons. The maximum atomic E-state index is 2.58. The van der Waals surface area contributed by atoms with Crippen molar-refractivity contribution in [2.24, 2.45) is 0 Å². The van der Waals surface area contributed by atoms with Gasteiger partial charge in [0, 0.05) is 6.04 Å². The van der Waals surface area contributed by atoms with Crippen LogP contribution in [0.3, 0.4) is 0 Å². The second kappa shape index (κ2) is 9.04. The summed E-state index contributed by atoms with van der Waals surface area (Å²) < 4.78 is 0. The number of hydrogen-bond donors (Lipinski definition) is 0. The van der Waals surface area contributed by atoms with E-state index in [9.17, 15) is 0 Å². The predicted molar refractivity (Wildman–Crippen MR) is 72.9 cm³/mol. The summed E-state index contributed by atoms with van der Waals surface area (Å²) in [5.74, 6) is 0. The largest absolute Gasteiger partial charge is 0.303 e. The van der Waals surface area contributed by atoms with Gasteiger partial charge in [-0.1, -0.05) is 58.3 Å². The van der Waals surface area contributed by atoms with E-state index in [0.717, 1.165) is 6.04 Å². The highest BCUT2D eigenvalue weighted by atomic mass is 15.1. The summed E-state index contributed by atoms with van der Waals surface area (Å²) in [6, 6.07) is 0.907. The number of rotatable bonds is 8. The second-order valence-electron chi connectivity index (χ2n) is 5.54. The van der Waals surface area contributed by atoms with Crippen molar-refractivity contribution in [2.75, 3.05) is 13.6 Å². The summed E-state index contributed by atoms with van der Waals surface area (Å²) in [7, 11) is 2.31. The standard InChI is InChI=1S/C15H31N/c1-3-4-5-6-7-8-9-12-15-13-10-11-14-16(15)2/h15H,3-14H2,1-2H3. The maximum absolute atomic E-state index is 2.58. The average molecular weight is 225 g/mol. The molecule has 0 aromatic heterocycles. The van der Waals surface area contributed by atoms with Gasteiger partial charge in [0.2, 0.25) is 0 Å². The van der Waals surface area contributed by atoms with Crippen LogP contribution in [0.15, 0.2) is 0 Å². The highest BCUT2D eigenvalue weighted by Gasteiger charge is 2.17. The van der Waals surface area contributed by atoms with E-state index in [2.05, 4.69) is 18.9 Å². The van der Waals surface area contributed by atoms with Crippen LogP contribution in [0.5, 0.6) is 0 Å². The highest BCUT2D eigenvalue weighted by molar-refractivity contribution is 4.73. The Morgan fingerprint density at radius 2 is 1.62 bits per heavy atom. The second-order valence-corrected chi connectivity index (χ2v) is 5.54. The molecule has 1 aliphatic heterocycles. The molecular formula is C15H31N. The minimum Gasteiger partial charge on any atom is -0.303 e. The van der Waals surface area contributed by atoms with Crippen molar-refractivity contribution in [1.82, 2.24) is 4.90 Å². The van der Waals surface area contributed by atoms with E-state index in [4.69, 9.17) is 0 Å². The lowest BCUT2D eigenvalue weighted by atomic mass is 9.97. The number of likely N-dealkylation sites (tertiary alicyclic amines) is 1. The van der Waals surface area contributed by atoms with E-state index < -0.39 is 0 Å². The molecule has 1 atom stereocenters. The molecule has 0 spiro atoms. The van der Waals surface area contributed by atoms with E-state index >= 15 is 0 Å². The van der Waals surface area contributed by atoms with Gasteiger partial charge in [0.05, 0.1) is 0 Å². The summed E-state index contributed by atoms with van der Waals surface area (Å²) in [6.07, 6.45) is 15.9. The summed E-state index contributed by atoms with van der Waals surface area (Å²) in [4.78, 5) is 2.58. The first-order valence-corrected chi connectivity index (χ1v) is 7.55. The smallest absolute Gasteiger partial charge is 0.00922 e. The van der Waals surface area contributed by atoms with Crippen molar-refractivity contribution in [2.45, 2.75) is 83.6 Å². The molecule has 0 bridgehead atoms. The summed E-state index contributed by atoms with van der Waals surface area (Å²) in [5.41, 5.74) is 0. The van der Waals surface area contributed by atoms with Crippen LogP contribution in [0.1, 0.15) is 77.6 Å². The normalized spacial score (nSPS) is 22.5. The van der Waals surface area contributed by atoms with Crippen molar-refractivity contribution in [1.29, 1.82) is 0 Å². The van der Waals surface area contributed by atoms with Crippen molar-refractivity contribution in [3.63, 3.8) is 0 Å². The van der Waals surface area contributed by atoms with E-state index in [0.29, 0.717) is 0 Å². The third kappa shape index (κ3) is 5.89. The molecule has 1 saturated heterocycles. The monoisotopic (exact) mass is 225 g/mol. The first-order valence-electron chi connectivity index (χ1n) is 7.55. The molecule has 1 rings (SSSR count). The van der Waals surface area contributed by atoms with Crippen LogP contribution in [0.2, 0.25) is 0 Å². The molecule has 0 radical (unpaired) electrons. The van der Waals surface area contributed by atoms with Gasteiger partial charge in [0.25, 0.3) is 0 Å². The molecule has 0 saturated carbocycles. The third-order valence-corrected chi connectivity index (χ3v) is 4.06. The zero-order valence-electron chi connectivity index (χ0n) is 11.5. The molecule has 0 aromatic carbocycles. The Morgan fingerprint density at radius 1 is 0.938 bits per heavy atom. The molecule has 1 heteroatoms. The molecule has 1 heterocycles. The lowest BCUT2D eigenvalue weighted by Gasteiger charge is -2.32. The summed E-state index contributed by atoms with van der Waals surface area (Å²) in [6.45, 7) is 3.63. The van der Waals surface area contributed by atoms with Crippen LogP contribution in [-0.2, 0) is 0 Å². The molecular weight excluding hydrogens is 194 g/mol. The molecule has 0 aliphatic carbocycles. The lowest BCUT2D eigenvalue weighted by Crippen LogP contribution is -2.35. The Labute approximate surface area is 103 Å². The molecule has 1 unspecified atom stereocenters. The minimum absolute atomic E-state index is 0.907. The Balaban J connectivity index is 1.90. The van der Waals surface area contributed by atoms with E-state index in [1.165, 1.54) is 77.2 Å². The van der Waals surface area contributed by atoms with Crippen LogP contribution in [-0.4, -0.2) is 24.5 Å².